The molecule has 152 valence electrons. The Labute approximate surface area is 172 Å². The minimum atomic E-state index is -0.461. The lowest BCUT2D eigenvalue weighted by Crippen LogP contribution is -2.12. The SMILES string of the molecule is Cc1ccccc1OCc1ccc(C(=O)Nc2ncn(Cc3ccc(F)cc3)n2)o1. The van der Waals surface area contributed by atoms with Gasteiger partial charge in [-0.25, -0.2) is 14.1 Å². The summed E-state index contributed by atoms with van der Waals surface area (Å²) in [5.74, 6) is 0.808. The van der Waals surface area contributed by atoms with Gasteiger partial charge >= 0.3 is 0 Å². The Bertz CT molecular complexity index is 1150. The number of aryl methyl sites for hydroxylation is 1. The number of hydrogen-bond acceptors (Lipinski definition) is 5. The highest BCUT2D eigenvalue weighted by Crippen LogP contribution is 2.19. The van der Waals surface area contributed by atoms with Crippen molar-refractivity contribution in [2.24, 2.45) is 0 Å². The van der Waals surface area contributed by atoms with Gasteiger partial charge in [0.2, 0.25) is 5.95 Å². The summed E-state index contributed by atoms with van der Waals surface area (Å²) >= 11 is 0. The largest absolute Gasteiger partial charge is 0.485 e. The van der Waals surface area contributed by atoms with Gasteiger partial charge in [0.25, 0.3) is 5.91 Å². The molecule has 7 nitrogen and oxygen atoms in total. The number of hydrogen-bond donors (Lipinski definition) is 1. The highest BCUT2D eigenvalue weighted by atomic mass is 19.1. The zero-order valence-electron chi connectivity index (χ0n) is 16.2. The number of rotatable bonds is 7. The first-order valence-electron chi connectivity index (χ1n) is 9.29. The van der Waals surface area contributed by atoms with Crippen LogP contribution in [0.15, 0.2) is 71.4 Å². The van der Waals surface area contributed by atoms with E-state index in [1.54, 1.807) is 28.9 Å². The average molecular weight is 406 g/mol. The summed E-state index contributed by atoms with van der Waals surface area (Å²) in [4.78, 5) is 16.5. The van der Waals surface area contributed by atoms with E-state index in [4.69, 9.17) is 9.15 Å². The molecule has 0 aliphatic heterocycles. The predicted octanol–water partition coefficient (Wildman–Crippen LogP) is 4.20. The number of para-hydroxylation sites is 1. The van der Waals surface area contributed by atoms with Crippen molar-refractivity contribution in [3.63, 3.8) is 0 Å². The number of ether oxygens (including phenoxy) is 1. The number of aromatic nitrogens is 3. The van der Waals surface area contributed by atoms with Crippen LogP contribution < -0.4 is 10.1 Å². The standard InChI is InChI=1S/C22H19FN4O3/c1-15-4-2-3-5-19(15)29-13-18-10-11-20(30-18)21(28)25-22-24-14-27(26-22)12-16-6-8-17(23)9-7-16/h2-11,14H,12-13H2,1H3,(H,25,26,28). The van der Waals surface area contributed by atoms with Gasteiger partial charge in [-0.3, -0.25) is 10.1 Å². The van der Waals surface area contributed by atoms with E-state index in [0.717, 1.165) is 16.9 Å². The summed E-state index contributed by atoms with van der Waals surface area (Å²) in [5, 5.41) is 6.79. The lowest BCUT2D eigenvalue weighted by atomic mass is 10.2. The molecule has 1 amide bonds. The van der Waals surface area contributed by atoms with E-state index >= 15 is 0 Å². The van der Waals surface area contributed by atoms with Crippen LogP contribution in [0.1, 0.15) is 27.4 Å². The maximum absolute atomic E-state index is 13.0. The number of halogens is 1. The summed E-state index contributed by atoms with van der Waals surface area (Å²) in [6.07, 6.45) is 1.49. The highest BCUT2D eigenvalue weighted by Gasteiger charge is 2.14. The first-order chi connectivity index (χ1) is 14.6. The molecule has 0 aliphatic carbocycles. The Hall–Kier alpha value is -3.94. The maximum Gasteiger partial charge on any atom is 0.293 e. The minimum absolute atomic E-state index is 0.133. The fourth-order valence-corrected chi connectivity index (χ4v) is 2.81. The molecule has 2 heterocycles. The number of benzene rings is 2. The molecule has 0 radical (unpaired) electrons. The van der Waals surface area contributed by atoms with Crippen LogP contribution in [0.2, 0.25) is 0 Å². The smallest absolute Gasteiger partial charge is 0.293 e. The molecule has 0 unspecified atom stereocenters. The number of carbonyl (C=O) groups excluding carboxylic acids is 1. The summed E-state index contributed by atoms with van der Waals surface area (Å²) < 4.78 is 25.8. The van der Waals surface area contributed by atoms with Crippen LogP contribution >= 0.6 is 0 Å². The van der Waals surface area contributed by atoms with Crippen LogP contribution in [0.3, 0.4) is 0 Å². The maximum atomic E-state index is 13.0. The molecule has 0 saturated carbocycles. The molecule has 0 bridgehead atoms. The zero-order chi connectivity index (χ0) is 20.9. The second kappa shape index (κ2) is 8.60. The summed E-state index contributed by atoms with van der Waals surface area (Å²) in [7, 11) is 0. The number of nitrogens with zero attached hydrogens (tertiary/aromatic N) is 3. The van der Waals surface area contributed by atoms with Crippen molar-refractivity contribution in [3.8, 4) is 5.75 Å². The molecule has 2 aromatic carbocycles. The Morgan fingerprint density at radius 1 is 1.13 bits per heavy atom. The van der Waals surface area contributed by atoms with Crippen LogP contribution in [0, 0.1) is 12.7 Å². The van der Waals surface area contributed by atoms with E-state index in [-0.39, 0.29) is 24.1 Å². The van der Waals surface area contributed by atoms with Crippen LogP contribution in [0.5, 0.6) is 5.75 Å². The van der Waals surface area contributed by atoms with Crippen molar-refractivity contribution in [1.29, 1.82) is 0 Å². The van der Waals surface area contributed by atoms with E-state index < -0.39 is 5.91 Å². The quantitative estimate of drug-likeness (QED) is 0.497. The third-order valence-corrected chi connectivity index (χ3v) is 4.37. The third-order valence-electron chi connectivity index (χ3n) is 4.37. The molecule has 0 atom stereocenters. The monoisotopic (exact) mass is 406 g/mol. The normalized spacial score (nSPS) is 10.7. The number of carbonyl (C=O) groups is 1. The number of furan rings is 1. The van der Waals surface area contributed by atoms with Crippen molar-refractivity contribution in [2.75, 3.05) is 5.32 Å². The predicted molar refractivity (Wildman–Crippen MR) is 108 cm³/mol. The molecule has 4 aromatic rings. The zero-order valence-corrected chi connectivity index (χ0v) is 16.2. The Morgan fingerprint density at radius 3 is 2.73 bits per heavy atom. The minimum Gasteiger partial charge on any atom is -0.485 e. The second-order valence-corrected chi connectivity index (χ2v) is 6.67. The van der Waals surface area contributed by atoms with E-state index in [1.807, 2.05) is 31.2 Å². The van der Waals surface area contributed by atoms with Crippen LogP contribution in [-0.4, -0.2) is 20.7 Å². The molecule has 30 heavy (non-hydrogen) atoms. The molecule has 0 fully saturated rings. The second-order valence-electron chi connectivity index (χ2n) is 6.67. The average Bonchev–Trinajstić information content (AvgIpc) is 3.39. The first-order valence-corrected chi connectivity index (χ1v) is 9.29. The highest BCUT2D eigenvalue weighted by molar-refractivity contribution is 6.01. The van der Waals surface area contributed by atoms with Gasteiger partial charge < -0.3 is 9.15 Å². The Morgan fingerprint density at radius 2 is 1.93 bits per heavy atom. The summed E-state index contributed by atoms with van der Waals surface area (Å²) in [6, 6.07) is 17.0. The molecule has 1 N–H and O–H groups in total. The lowest BCUT2D eigenvalue weighted by molar-refractivity contribution is 0.0991. The Balaban J connectivity index is 1.34. The van der Waals surface area contributed by atoms with E-state index in [9.17, 15) is 9.18 Å². The van der Waals surface area contributed by atoms with Gasteiger partial charge in [-0.15, -0.1) is 5.10 Å². The van der Waals surface area contributed by atoms with E-state index in [1.165, 1.54) is 18.5 Å². The van der Waals surface area contributed by atoms with Gasteiger partial charge in [0, 0.05) is 0 Å². The van der Waals surface area contributed by atoms with Gasteiger partial charge in [0.15, 0.2) is 5.76 Å². The van der Waals surface area contributed by atoms with Gasteiger partial charge in [-0.1, -0.05) is 30.3 Å². The van der Waals surface area contributed by atoms with Crippen molar-refractivity contribution in [3.05, 3.63) is 95.5 Å². The molecular formula is C22H19FN4O3. The summed E-state index contributed by atoms with van der Waals surface area (Å²) in [6.45, 7) is 2.57. The topological polar surface area (TPSA) is 82.2 Å². The van der Waals surface area contributed by atoms with Crippen LogP contribution in [0.4, 0.5) is 10.3 Å². The molecule has 2 aromatic heterocycles. The lowest BCUT2D eigenvalue weighted by Gasteiger charge is -2.06. The molecule has 8 heteroatoms. The van der Waals surface area contributed by atoms with Crippen LogP contribution in [0.25, 0.3) is 0 Å². The molecule has 0 spiro atoms. The Kier molecular flexibility index (Phi) is 5.56. The van der Waals surface area contributed by atoms with E-state index in [2.05, 4.69) is 15.4 Å². The van der Waals surface area contributed by atoms with E-state index in [0.29, 0.717) is 12.3 Å². The molecule has 0 saturated heterocycles. The van der Waals surface area contributed by atoms with Crippen molar-refractivity contribution < 1.29 is 18.3 Å². The summed E-state index contributed by atoms with van der Waals surface area (Å²) in [5.41, 5.74) is 1.88. The number of nitrogens with one attached hydrogen (secondary N) is 1. The molecule has 0 aliphatic rings. The molecular weight excluding hydrogens is 387 g/mol. The van der Waals surface area contributed by atoms with Crippen molar-refractivity contribution in [2.45, 2.75) is 20.1 Å². The van der Waals surface area contributed by atoms with Gasteiger partial charge in [0.05, 0.1) is 6.54 Å². The number of anilines is 1. The molecule has 4 rings (SSSR count). The fraction of sp³-hybridized carbons (Fsp3) is 0.136. The van der Waals surface area contributed by atoms with Crippen molar-refractivity contribution >= 4 is 11.9 Å². The fourth-order valence-electron chi connectivity index (χ4n) is 2.81. The van der Waals surface area contributed by atoms with Crippen molar-refractivity contribution in [1.82, 2.24) is 14.8 Å². The van der Waals surface area contributed by atoms with Gasteiger partial charge in [-0.05, 0) is 48.4 Å². The number of amides is 1. The third kappa shape index (κ3) is 4.72. The van der Waals surface area contributed by atoms with Gasteiger partial charge in [0.1, 0.15) is 30.3 Å². The first kappa shape index (κ1) is 19.4. The van der Waals surface area contributed by atoms with Crippen LogP contribution in [-0.2, 0) is 13.2 Å². The van der Waals surface area contributed by atoms with Gasteiger partial charge in [-0.2, -0.15) is 0 Å².